The van der Waals surface area contributed by atoms with Gasteiger partial charge in [-0.05, 0) is 30.4 Å². The molecule has 0 amide bonds. The summed E-state index contributed by atoms with van der Waals surface area (Å²) < 4.78 is 0. The van der Waals surface area contributed by atoms with E-state index in [0.29, 0.717) is 0 Å². The Bertz CT molecular complexity index is 550. The molecule has 0 bridgehead atoms. The van der Waals surface area contributed by atoms with Gasteiger partial charge in [0.1, 0.15) is 0 Å². The Morgan fingerprint density at radius 2 is 2.24 bits per heavy atom. The van der Waals surface area contributed by atoms with Crippen molar-refractivity contribution in [2.75, 3.05) is 17.6 Å². The van der Waals surface area contributed by atoms with Crippen LogP contribution < -0.4 is 11.1 Å². The maximum Gasteiger partial charge on any atom is 0.0630 e. The van der Waals surface area contributed by atoms with Gasteiger partial charge in [-0.3, -0.25) is 4.98 Å². The monoisotopic (exact) mass is 227 g/mol. The molecule has 1 heterocycles. The molecule has 1 aliphatic rings. The van der Waals surface area contributed by atoms with Crippen LogP contribution in [0.3, 0.4) is 0 Å². The Hall–Kier alpha value is -1.77. The fraction of sp³-hybridized carbons (Fsp3) is 0.357. The van der Waals surface area contributed by atoms with Gasteiger partial charge in [-0.1, -0.05) is 13.0 Å². The second-order valence-corrected chi connectivity index (χ2v) is 4.98. The van der Waals surface area contributed by atoms with Crippen LogP contribution >= 0.6 is 0 Å². The van der Waals surface area contributed by atoms with Gasteiger partial charge in [-0.15, -0.1) is 0 Å². The minimum Gasteiger partial charge on any atom is -0.397 e. The van der Waals surface area contributed by atoms with Crippen molar-refractivity contribution in [2.45, 2.75) is 13.3 Å². The molecule has 0 aliphatic heterocycles. The molecule has 3 rings (SSSR count). The molecular formula is C14H17N3. The van der Waals surface area contributed by atoms with E-state index in [2.05, 4.69) is 23.3 Å². The fourth-order valence-electron chi connectivity index (χ4n) is 2.27. The largest absolute Gasteiger partial charge is 0.397 e. The third-order valence-corrected chi connectivity index (χ3v) is 3.69. The molecule has 1 saturated carbocycles. The first-order valence-electron chi connectivity index (χ1n) is 6.12. The van der Waals surface area contributed by atoms with Crippen LogP contribution in [0.25, 0.3) is 10.8 Å². The van der Waals surface area contributed by atoms with Crippen molar-refractivity contribution in [1.82, 2.24) is 4.98 Å². The summed E-state index contributed by atoms with van der Waals surface area (Å²) in [5.74, 6) is 1.69. The van der Waals surface area contributed by atoms with Crippen molar-refractivity contribution in [3.63, 3.8) is 0 Å². The molecule has 2 atom stereocenters. The smallest absolute Gasteiger partial charge is 0.0630 e. The van der Waals surface area contributed by atoms with Crippen LogP contribution in [0.1, 0.15) is 13.3 Å². The number of nitrogen functional groups attached to an aromatic ring is 1. The third kappa shape index (κ3) is 1.93. The summed E-state index contributed by atoms with van der Waals surface area (Å²) in [7, 11) is 0. The number of hydrogen-bond donors (Lipinski definition) is 2. The topological polar surface area (TPSA) is 50.9 Å². The minimum absolute atomic E-state index is 0.822. The van der Waals surface area contributed by atoms with Crippen molar-refractivity contribution in [3.8, 4) is 0 Å². The maximum atomic E-state index is 6.17. The zero-order valence-electron chi connectivity index (χ0n) is 9.98. The van der Waals surface area contributed by atoms with Crippen molar-refractivity contribution in [3.05, 3.63) is 30.6 Å². The molecule has 2 unspecified atom stereocenters. The Morgan fingerprint density at radius 1 is 1.41 bits per heavy atom. The Morgan fingerprint density at radius 3 is 3.00 bits per heavy atom. The van der Waals surface area contributed by atoms with Gasteiger partial charge in [0, 0.05) is 29.7 Å². The quantitative estimate of drug-likeness (QED) is 0.793. The molecule has 0 saturated heterocycles. The van der Waals surface area contributed by atoms with Crippen LogP contribution in [0.15, 0.2) is 30.6 Å². The first-order chi connectivity index (χ1) is 8.25. The zero-order chi connectivity index (χ0) is 11.8. The van der Waals surface area contributed by atoms with E-state index in [0.717, 1.165) is 40.5 Å². The number of aromatic nitrogens is 1. The van der Waals surface area contributed by atoms with Crippen molar-refractivity contribution >= 4 is 22.1 Å². The molecule has 0 spiro atoms. The summed E-state index contributed by atoms with van der Waals surface area (Å²) in [6.07, 6.45) is 4.97. The fourth-order valence-corrected chi connectivity index (χ4v) is 2.27. The predicted octanol–water partition coefficient (Wildman–Crippen LogP) is 2.88. The van der Waals surface area contributed by atoms with Crippen LogP contribution in [0, 0.1) is 11.8 Å². The number of nitrogens with zero attached hydrogens (tertiary/aromatic N) is 1. The third-order valence-electron chi connectivity index (χ3n) is 3.69. The number of nitrogens with two attached hydrogens (primary N) is 1. The number of anilines is 2. The van der Waals surface area contributed by atoms with Crippen LogP contribution in [0.5, 0.6) is 0 Å². The summed E-state index contributed by atoms with van der Waals surface area (Å²) in [6, 6.07) is 6.08. The normalized spacial score (nSPS) is 22.6. The standard InChI is InChI=1S/C14H17N3/c1-9-6-11(9)8-17-13-3-2-10-7-16-5-4-12(10)14(13)15/h2-5,7,9,11,17H,6,8,15H2,1H3. The number of fused-ring (bicyclic) bond motifs is 1. The van der Waals surface area contributed by atoms with Crippen molar-refractivity contribution in [1.29, 1.82) is 0 Å². The number of pyridine rings is 1. The number of rotatable bonds is 3. The Labute approximate surface area is 101 Å². The molecule has 1 aliphatic carbocycles. The molecule has 1 aromatic carbocycles. The number of hydrogen-bond acceptors (Lipinski definition) is 3. The minimum atomic E-state index is 0.822. The average Bonchev–Trinajstić information content (AvgIpc) is 3.05. The van der Waals surface area contributed by atoms with Gasteiger partial charge in [-0.2, -0.15) is 0 Å². The van der Waals surface area contributed by atoms with E-state index in [1.807, 2.05) is 18.3 Å². The van der Waals surface area contributed by atoms with Gasteiger partial charge in [0.25, 0.3) is 0 Å². The van der Waals surface area contributed by atoms with Crippen LogP contribution in [0.4, 0.5) is 11.4 Å². The predicted molar refractivity (Wildman–Crippen MR) is 71.9 cm³/mol. The number of nitrogens with one attached hydrogen (secondary N) is 1. The highest BCUT2D eigenvalue weighted by Gasteiger charge is 2.31. The van der Waals surface area contributed by atoms with Gasteiger partial charge in [-0.25, -0.2) is 0 Å². The molecular weight excluding hydrogens is 210 g/mol. The molecule has 0 radical (unpaired) electrons. The molecule has 17 heavy (non-hydrogen) atoms. The summed E-state index contributed by atoms with van der Waals surface area (Å²) in [5, 5.41) is 5.62. The lowest BCUT2D eigenvalue weighted by atomic mass is 10.1. The van der Waals surface area contributed by atoms with Crippen molar-refractivity contribution < 1.29 is 0 Å². The number of benzene rings is 1. The van der Waals surface area contributed by atoms with E-state index in [4.69, 9.17) is 5.73 Å². The molecule has 3 N–H and O–H groups in total. The van der Waals surface area contributed by atoms with E-state index in [1.165, 1.54) is 6.42 Å². The highest BCUT2D eigenvalue weighted by molar-refractivity contribution is 5.98. The van der Waals surface area contributed by atoms with E-state index in [1.54, 1.807) is 6.20 Å². The van der Waals surface area contributed by atoms with E-state index in [9.17, 15) is 0 Å². The van der Waals surface area contributed by atoms with E-state index < -0.39 is 0 Å². The summed E-state index contributed by atoms with van der Waals surface area (Å²) in [5.41, 5.74) is 8.05. The first kappa shape index (κ1) is 10.4. The lowest BCUT2D eigenvalue weighted by Crippen LogP contribution is -2.06. The van der Waals surface area contributed by atoms with Gasteiger partial charge < -0.3 is 11.1 Å². The van der Waals surface area contributed by atoms with Crippen LogP contribution in [-0.4, -0.2) is 11.5 Å². The van der Waals surface area contributed by atoms with Gasteiger partial charge >= 0.3 is 0 Å². The highest BCUT2D eigenvalue weighted by atomic mass is 14.9. The van der Waals surface area contributed by atoms with Crippen LogP contribution in [-0.2, 0) is 0 Å². The van der Waals surface area contributed by atoms with E-state index in [-0.39, 0.29) is 0 Å². The molecule has 88 valence electrons. The lowest BCUT2D eigenvalue weighted by molar-refractivity contribution is 0.787. The summed E-state index contributed by atoms with van der Waals surface area (Å²) in [6.45, 7) is 3.32. The molecule has 3 nitrogen and oxygen atoms in total. The maximum absolute atomic E-state index is 6.17. The molecule has 3 heteroatoms. The lowest BCUT2D eigenvalue weighted by Gasteiger charge is -2.11. The zero-order valence-corrected chi connectivity index (χ0v) is 9.98. The SMILES string of the molecule is CC1CC1CNc1ccc2cnccc2c1N. The average molecular weight is 227 g/mol. The van der Waals surface area contributed by atoms with Gasteiger partial charge in [0.05, 0.1) is 11.4 Å². The molecule has 1 aromatic heterocycles. The van der Waals surface area contributed by atoms with Crippen LogP contribution in [0.2, 0.25) is 0 Å². The second-order valence-electron chi connectivity index (χ2n) is 4.98. The molecule has 2 aromatic rings. The molecule has 1 fully saturated rings. The van der Waals surface area contributed by atoms with Crippen molar-refractivity contribution in [2.24, 2.45) is 11.8 Å². The van der Waals surface area contributed by atoms with Gasteiger partial charge in [0.2, 0.25) is 0 Å². The highest BCUT2D eigenvalue weighted by Crippen LogP contribution is 2.38. The summed E-state index contributed by atoms with van der Waals surface area (Å²) in [4.78, 5) is 4.10. The Balaban J connectivity index is 1.86. The summed E-state index contributed by atoms with van der Waals surface area (Å²) >= 11 is 0. The second kappa shape index (κ2) is 3.91. The Kier molecular flexibility index (Phi) is 2.39. The van der Waals surface area contributed by atoms with Gasteiger partial charge in [0.15, 0.2) is 0 Å². The van der Waals surface area contributed by atoms with E-state index >= 15 is 0 Å². The first-order valence-corrected chi connectivity index (χ1v) is 6.12.